The number of urea groups is 1. The number of hydrogen-bond acceptors (Lipinski definition) is 5. The summed E-state index contributed by atoms with van der Waals surface area (Å²) in [4.78, 5) is 33.3. The minimum Gasteiger partial charge on any atom is -0.457 e. The second kappa shape index (κ2) is 12.8. The van der Waals surface area contributed by atoms with Crippen LogP contribution in [0, 0.1) is 0 Å². The van der Waals surface area contributed by atoms with Crippen LogP contribution in [0.25, 0.3) is 0 Å². The Morgan fingerprint density at radius 2 is 1.82 bits per heavy atom. The minimum atomic E-state index is -4.50. The molecular weight excluding hydrogens is 523 g/mol. The van der Waals surface area contributed by atoms with Gasteiger partial charge in [-0.15, -0.1) is 0 Å². The number of carbonyl (C=O) groups excluding carboxylic acids is 2. The topological polar surface area (TPSA) is 86.8 Å². The zero-order valence-electron chi connectivity index (χ0n) is 22.4. The molecule has 0 aliphatic carbocycles. The molecular formula is C29H32F3N5O3. The first kappa shape index (κ1) is 28.9. The Kier molecular flexibility index (Phi) is 9.26. The van der Waals surface area contributed by atoms with E-state index in [9.17, 15) is 22.8 Å². The van der Waals surface area contributed by atoms with Crippen LogP contribution in [0.2, 0.25) is 0 Å². The van der Waals surface area contributed by atoms with Gasteiger partial charge in [-0.3, -0.25) is 14.7 Å². The maximum atomic E-state index is 13.0. The highest BCUT2D eigenvalue weighted by Gasteiger charge is 2.31. The molecule has 0 spiro atoms. The quantitative estimate of drug-likeness (QED) is 0.302. The standard InChI is InChI=1S/C29H32F3N5O3/c1-3-36(4-2)15-6-13-34-27(38)25-19-24(11-14-33-25)40-23-9-10-26-20(17-23)12-16-37(26)28(39)35-22-8-5-7-21(18-22)29(30,31)32/h5,7-11,14,17-19H,3-4,6,12-13,15-16H2,1-2H3,(H,34,38)(H,35,39). The monoisotopic (exact) mass is 555 g/mol. The summed E-state index contributed by atoms with van der Waals surface area (Å²) in [6.07, 6.45) is -1.59. The third kappa shape index (κ3) is 7.29. The van der Waals surface area contributed by atoms with E-state index in [4.69, 9.17) is 4.74 Å². The summed E-state index contributed by atoms with van der Waals surface area (Å²) >= 11 is 0. The Morgan fingerprint density at radius 1 is 1.05 bits per heavy atom. The molecule has 3 aromatic rings. The lowest BCUT2D eigenvalue weighted by Gasteiger charge is -2.19. The summed E-state index contributed by atoms with van der Waals surface area (Å²) in [5, 5.41) is 5.43. The van der Waals surface area contributed by atoms with Gasteiger partial charge in [0.15, 0.2) is 0 Å². The maximum absolute atomic E-state index is 13.0. The van der Waals surface area contributed by atoms with Crippen molar-refractivity contribution in [2.75, 3.05) is 42.9 Å². The summed E-state index contributed by atoms with van der Waals surface area (Å²) in [5.74, 6) is 0.692. The molecule has 2 heterocycles. The lowest BCUT2D eigenvalue weighted by Crippen LogP contribution is -2.33. The van der Waals surface area contributed by atoms with Crippen molar-refractivity contribution in [1.29, 1.82) is 0 Å². The van der Waals surface area contributed by atoms with Crippen LogP contribution in [0.3, 0.4) is 0 Å². The van der Waals surface area contributed by atoms with Gasteiger partial charge in [0.05, 0.1) is 5.56 Å². The second-order valence-electron chi connectivity index (χ2n) is 9.32. The molecule has 0 saturated carbocycles. The number of nitrogens with one attached hydrogen (secondary N) is 2. The van der Waals surface area contributed by atoms with Crippen LogP contribution in [0.1, 0.15) is 41.9 Å². The van der Waals surface area contributed by atoms with Gasteiger partial charge in [-0.2, -0.15) is 13.2 Å². The Hall–Kier alpha value is -4.12. The van der Waals surface area contributed by atoms with Gasteiger partial charge in [0.2, 0.25) is 0 Å². The number of rotatable bonds is 10. The highest BCUT2D eigenvalue weighted by atomic mass is 19.4. The van der Waals surface area contributed by atoms with Crippen LogP contribution in [-0.2, 0) is 12.6 Å². The molecule has 1 aliphatic rings. The molecule has 1 aliphatic heterocycles. The first-order valence-electron chi connectivity index (χ1n) is 13.2. The summed E-state index contributed by atoms with van der Waals surface area (Å²) < 4.78 is 45.0. The van der Waals surface area contributed by atoms with Crippen molar-refractivity contribution in [2.45, 2.75) is 32.9 Å². The van der Waals surface area contributed by atoms with Gasteiger partial charge in [-0.25, -0.2) is 4.79 Å². The molecule has 0 atom stereocenters. The lowest BCUT2D eigenvalue weighted by molar-refractivity contribution is -0.137. The van der Waals surface area contributed by atoms with E-state index in [0.29, 0.717) is 36.7 Å². The second-order valence-corrected chi connectivity index (χ2v) is 9.32. The average molecular weight is 556 g/mol. The van der Waals surface area contributed by atoms with E-state index in [1.54, 1.807) is 30.3 Å². The SMILES string of the molecule is CCN(CC)CCCNC(=O)c1cc(Oc2ccc3c(c2)CCN3C(=O)Nc2cccc(C(F)(F)F)c2)ccn1. The molecule has 11 heteroatoms. The normalized spacial score (nSPS) is 12.8. The fraction of sp³-hybridized carbons (Fsp3) is 0.345. The van der Waals surface area contributed by atoms with E-state index in [1.165, 1.54) is 23.2 Å². The summed E-state index contributed by atoms with van der Waals surface area (Å²) in [7, 11) is 0. The summed E-state index contributed by atoms with van der Waals surface area (Å²) in [6, 6.07) is 12.5. The molecule has 8 nitrogen and oxygen atoms in total. The first-order chi connectivity index (χ1) is 19.2. The number of halogens is 3. The highest BCUT2D eigenvalue weighted by molar-refractivity contribution is 6.03. The molecule has 1 aromatic heterocycles. The number of fused-ring (bicyclic) bond motifs is 1. The third-order valence-corrected chi connectivity index (χ3v) is 6.66. The number of ether oxygens (including phenoxy) is 1. The highest BCUT2D eigenvalue weighted by Crippen LogP contribution is 2.34. The molecule has 0 saturated heterocycles. The third-order valence-electron chi connectivity index (χ3n) is 6.66. The van der Waals surface area contributed by atoms with Crippen molar-refractivity contribution in [2.24, 2.45) is 0 Å². The predicted molar refractivity (Wildman–Crippen MR) is 147 cm³/mol. The van der Waals surface area contributed by atoms with Gasteiger partial charge in [0.1, 0.15) is 17.2 Å². The zero-order valence-corrected chi connectivity index (χ0v) is 22.4. The number of carbonyl (C=O) groups is 2. The fourth-order valence-corrected chi connectivity index (χ4v) is 4.49. The predicted octanol–water partition coefficient (Wildman–Crippen LogP) is 5.95. The van der Waals surface area contributed by atoms with E-state index in [1.807, 2.05) is 0 Å². The maximum Gasteiger partial charge on any atom is 0.416 e. The number of amides is 3. The van der Waals surface area contributed by atoms with Crippen molar-refractivity contribution < 1.29 is 27.5 Å². The molecule has 0 fully saturated rings. The van der Waals surface area contributed by atoms with Crippen molar-refractivity contribution >= 4 is 23.3 Å². The number of pyridine rings is 1. The Bertz CT molecular complexity index is 1340. The number of aromatic nitrogens is 1. The molecule has 2 N–H and O–H groups in total. The van der Waals surface area contributed by atoms with Crippen LogP contribution in [0.15, 0.2) is 60.8 Å². The fourth-order valence-electron chi connectivity index (χ4n) is 4.49. The molecule has 4 rings (SSSR count). The molecule has 0 unspecified atom stereocenters. The molecule has 3 amide bonds. The summed E-state index contributed by atoms with van der Waals surface area (Å²) in [5.41, 5.74) is 0.989. The molecule has 2 aromatic carbocycles. The van der Waals surface area contributed by atoms with Crippen molar-refractivity contribution in [3.8, 4) is 11.5 Å². The van der Waals surface area contributed by atoms with Gasteiger partial charge < -0.3 is 20.3 Å². The van der Waals surface area contributed by atoms with Crippen molar-refractivity contribution in [1.82, 2.24) is 15.2 Å². The van der Waals surface area contributed by atoms with E-state index in [0.717, 1.165) is 43.8 Å². The van der Waals surface area contributed by atoms with Crippen LogP contribution < -0.4 is 20.3 Å². The first-order valence-corrected chi connectivity index (χ1v) is 13.2. The molecule has 0 bridgehead atoms. The number of anilines is 2. The number of hydrogen-bond donors (Lipinski definition) is 2. The van der Waals surface area contributed by atoms with Crippen LogP contribution in [0.4, 0.5) is 29.3 Å². The largest absolute Gasteiger partial charge is 0.457 e. The molecule has 212 valence electrons. The molecule has 0 radical (unpaired) electrons. The van der Waals surface area contributed by atoms with E-state index in [2.05, 4.69) is 34.4 Å². The number of nitrogens with zero attached hydrogens (tertiary/aromatic N) is 3. The smallest absolute Gasteiger partial charge is 0.416 e. The Labute approximate surface area is 231 Å². The Morgan fingerprint density at radius 3 is 2.58 bits per heavy atom. The minimum absolute atomic E-state index is 0.0645. The van der Waals surface area contributed by atoms with Gasteiger partial charge >= 0.3 is 12.2 Å². The van der Waals surface area contributed by atoms with Gasteiger partial charge in [0, 0.05) is 36.7 Å². The van der Waals surface area contributed by atoms with Gasteiger partial charge in [-0.05, 0) is 80.5 Å². The van der Waals surface area contributed by atoms with Crippen LogP contribution in [0.5, 0.6) is 11.5 Å². The van der Waals surface area contributed by atoms with Crippen LogP contribution >= 0.6 is 0 Å². The van der Waals surface area contributed by atoms with Gasteiger partial charge in [-0.1, -0.05) is 19.9 Å². The van der Waals surface area contributed by atoms with Crippen LogP contribution in [-0.4, -0.2) is 54.5 Å². The zero-order chi connectivity index (χ0) is 28.7. The Balaban J connectivity index is 1.36. The van der Waals surface area contributed by atoms with Gasteiger partial charge in [0.25, 0.3) is 5.91 Å². The van der Waals surface area contributed by atoms with E-state index in [-0.39, 0.29) is 17.3 Å². The lowest BCUT2D eigenvalue weighted by atomic mass is 10.1. The van der Waals surface area contributed by atoms with E-state index >= 15 is 0 Å². The number of alkyl halides is 3. The summed E-state index contributed by atoms with van der Waals surface area (Å²) in [6.45, 7) is 7.98. The number of benzene rings is 2. The van der Waals surface area contributed by atoms with Crippen molar-refractivity contribution in [3.63, 3.8) is 0 Å². The van der Waals surface area contributed by atoms with E-state index < -0.39 is 17.8 Å². The van der Waals surface area contributed by atoms with Crippen molar-refractivity contribution in [3.05, 3.63) is 77.6 Å². The average Bonchev–Trinajstić information content (AvgIpc) is 3.36. The molecule has 40 heavy (non-hydrogen) atoms.